The van der Waals surface area contributed by atoms with E-state index in [2.05, 4.69) is 17.5 Å². The molecule has 0 radical (unpaired) electrons. The van der Waals surface area contributed by atoms with Crippen LogP contribution in [0.3, 0.4) is 0 Å². The SMILES string of the molecule is CN(Cc1ccc(C(=O)O)cc1)C(=O)CCCCCc1cccs1. The molecule has 2 rings (SSSR count). The second-order valence-corrected chi connectivity index (χ2v) is 6.92. The van der Waals surface area contributed by atoms with Gasteiger partial charge in [-0.3, -0.25) is 4.79 Å². The summed E-state index contributed by atoms with van der Waals surface area (Å²) in [7, 11) is 1.79. The van der Waals surface area contributed by atoms with Crippen LogP contribution in [0, 0.1) is 0 Å². The lowest BCUT2D eigenvalue weighted by Gasteiger charge is -2.17. The number of hydrogen-bond acceptors (Lipinski definition) is 3. The summed E-state index contributed by atoms with van der Waals surface area (Å²) in [5, 5.41) is 11.0. The minimum Gasteiger partial charge on any atom is -0.478 e. The lowest BCUT2D eigenvalue weighted by molar-refractivity contribution is -0.130. The van der Waals surface area contributed by atoms with Gasteiger partial charge in [-0.05, 0) is 48.4 Å². The number of unbranched alkanes of at least 4 members (excludes halogenated alkanes) is 2. The molecule has 1 amide bonds. The molecule has 0 atom stereocenters. The predicted octanol–water partition coefficient (Wildman–Crippen LogP) is 4.21. The number of amides is 1. The van der Waals surface area contributed by atoms with E-state index in [9.17, 15) is 9.59 Å². The maximum absolute atomic E-state index is 12.1. The number of nitrogens with zero attached hydrogens (tertiary/aromatic N) is 1. The number of thiophene rings is 1. The number of aryl methyl sites for hydroxylation is 1. The maximum Gasteiger partial charge on any atom is 0.335 e. The largest absolute Gasteiger partial charge is 0.478 e. The lowest BCUT2D eigenvalue weighted by atomic mass is 10.1. The number of hydrogen-bond donors (Lipinski definition) is 1. The van der Waals surface area contributed by atoms with E-state index in [0.29, 0.717) is 13.0 Å². The first-order valence-electron chi connectivity index (χ1n) is 8.15. The number of aromatic carboxylic acids is 1. The third-order valence-electron chi connectivity index (χ3n) is 3.94. The van der Waals surface area contributed by atoms with Crippen molar-refractivity contribution in [2.45, 2.75) is 38.6 Å². The fraction of sp³-hybridized carbons (Fsp3) is 0.368. The average molecular weight is 345 g/mol. The molecule has 0 aliphatic heterocycles. The van der Waals surface area contributed by atoms with Crippen molar-refractivity contribution in [3.05, 3.63) is 57.8 Å². The summed E-state index contributed by atoms with van der Waals surface area (Å²) in [5.74, 6) is -0.804. The van der Waals surface area contributed by atoms with Gasteiger partial charge in [0.25, 0.3) is 0 Å². The third-order valence-corrected chi connectivity index (χ3v) is 4.88. The van der Waals surface area contributed by atoms with Gasteiger partial charge in [-0.2, -0.15) is 0 Å². The quantitative estimate of drug-likeness (QED) is 0.693. The monoisotopic (exact) mass is 345 g/mol. The molecule has 1 heterocycles. The van der Waals surface area contributed by atoms with E-state index < -0.39 is 5.97 Å². The molecule has 1 aromatic heterocycles. The Hall–Kier alpha value is -2.14. The summed E-state index contributed by atoms with van der Waals surface area (Å²) >= 11 is 1.78. The van der Waals surface area contributed by atoms with Crippen LogP contribution < -0.4 is 0 Å². The molecule has 2 aromatic rings. The predicted molar refractivity (Wildman–Crippen MR) is 96.4 cm³/mol. The Morgan fingerprint density at radius 2 is 1.83 bits per heavy atom. The Labute approximate surface area is 146 Å². The van der Waals surface area contributed by atoms with Crippen LogP contribution in [0.5, 0.6) is 0 Å². The van der Waals surface area contributed by atoms with Gasteiger partial charge in [0.05, 0.1) is 5.56 Å². The number of carbonyl (C=O) groups is 2. The number of benzene rings is 1. The Bertz CT molecular complexity index is 650. The smallest absolute Gasteiger partial charge is 0.335 e. The minimum atomic E-state index is -0.937. The first kappa shape index (κ1) is 18.2. The van der Waals surface area contributed by atoms with Crippen LogP contribution in [0.2, 0.25) is 0 Å². The van der Waals surface area contributed by atoms with Crippen LogP contribution >= 0.6 is 11.3 Å². The van der Waals surface area contributed by atoms with Crippen molar-refractivity contribution in [3.8, 4) is 0 Å². The molecular weight excluding hydrogens is 322 g/mol. The summed E-state index contributed by atoms with van der Waals surface area (Å²) in [6.45, 7) is 0.508. The van der Waals surface area contributed by atoms with Crippen LogP contribution in [-0.4, -0.2) is 28.9 Å². The van der Waals surface area contributed by atoms with E-state index in [-0.39, 0.29) is 11.5 Å². The van der Waals surface area contributed by atoms with Gasteiger partial charge in [0.15, 0.2) is 0 Å². The van der Waals surface area contributed by atoms with Gasteiger partial charge in [0.1, 0.15) is 0 Å². The van der Waals surface area contributed by atoms with Gasteiger partial charge in [0, 0.05) is 24.9 Å². The highest BCUT2D eigenvalue weighted by Gasteiger charge is 2.10. The van der Waals surface area contributed by atoms with Crippen molar-refractivity contribution < 1.29 is 14.7 Å². The number of rotatable bonds is 9. The van der Waals surface area contributed by atoms with Crippen molar-refractivity contribution in [1.29, 1.82) is 0 Å². The standard InChI is InChI=1S/C19H23NO3S/c1-20(14-15-9-11-16(12-10-15)19(22)23)18(21)8-4-2-3-6-17-7-5-13-24-17/h5,7,9-13H,2-4,6,8,14H2,1H3,(H,22,23). The maximum atomic E-state index is 12.1. The minimum absolute atomic E-state index is 0.133. The van der Waals surface area contributed by atoms with E-state index in [1.165, 1.54) is 4.88 Å². The normalized spacial score (nSPS) is 10.5. The highest BCUT2D eigenvalue weighted by Crippen LogP contribution is 2.14. The zero-order chi connectivity index (χ0) is 17.4. The second kappa shape index (κ2) is 9.23. The van der Waals surface area contributed by atoms with Gasteiger partial charge in [0.2, 0.25) is 5.91 Å². The van der Waals surface area contributed by atoms with Crippen molar-refractivity contribution >= 4 is 23.2 Å². The van der Waals surface area contributed by atoms with E-state index in [1.54, 1.807) is 47.5 Å². The molecule has 0 bridgehead atoms. The topological polar surface area (TPSA) is 57.6 Å². The highest BCUT2D eigenvalue weighted by molar-refractivity contribution is 7.09. The fourth-order valence-electron chi connectivity index (χ4n) is 2.51. The van der Waals surface area contributed by atoms with Crippen LogP contribution in [0.1, 0.15) is 46.5 Å². The molecular formula is C19H23NO3S. The number of carbonyl (C=O) groups excluding carboxylic acids is 1. The summed E-state index contributed by atoms with van der Waals surface area (Å²) in [5.41, 5.74) is 1.20. The van der Waals surface area contributed by atoms with Crippen molar-refractivity contribution in [2.75, 3.05) is 7.05 Å². The first-order valence-corrected chi connectivity index (χ1v) is 9.03. The molecule has 1 aromatic carbocycles. The first-order chi connectivity index (χ1) is 11.6. The molecule has 4 nitrogen and oxygen atoms in total. The molecule has 24 heavy (non-hydrogen) atoms. The number of carboxylic acids is 1. The van der Waals surface area contributed by atoms with Gasteiger partial charge in [-0.25, -0.2) is 4.79 Å². The van der Waals surface area contributed by atoms with Gasteiger partial charge in [-0.15, -0.1) is 11.3 Å². The van der Waals surface area contributed by atoms with E-state index in [4.69, 9.17) is 5.11 Å². The second-order valence-electron chi connectivity index (χ2n) is 5.89. The molecule has 0 fully saturated rings. The van der Waals surface area contributed by atoms with Crippen LogP contribution in [0.15, 0.2) is 41.8 Å². The molecule has 0 saturated carbocycles. The molecule has 5 heteroatoms. The Kier molecular flexibility index (Phi) is 7.00. The van der Waals surface area contributed by atoms with Gasteiger partial charge >= 0.3 is 5.97 Å². The molecule has 0 saturated heterocycles. The van der Waals surface area contributed by atoms with Crippen molar-refractivity contribution in [3.63, 3.8) is 0 Å². The van der Waals surface area contributed by atoms with Crippen LogP contribution in [0.25, 0.3) is 0 Å². The molecule has 128 valence electrons. The van der Waals surface area contributed by atoms with Crippen molar-refractivity contribution in [1.82, 2.24) is 4.90 Å². The van der Waals surface area contributed by atoms with Crippen molar-refractivity contribution in [2.24, 2.45) is 0 Å². The molecule has 0 aliphatic carbocycles. The Morgan fingerprint density at radius 3 is 2.46 bits per heavy atom. The fourth-order valence-corrected chi connectivity index (χ4v) is 3.26. The van der Waals surface area contributed by atoms with E-state index in [1.807, 2.05) is 0 Å². The van der Waals surface area contributed by atoms with Gasteiger partial charge < -0.3 is 10.0 Å². The average Bonchev–Trinajstić information content (AvgIpc) is 3.08. The summed E-state index contributed by atoms with van der Waals surface area (Å²) in [4.78, 5) is 26.1. The van der Waals surface area contributed by atoms with E-state index >= 15 is 0 Å². The zero-order valence-corrected chi connectivity index (χ0v) is 14.7. The van der Waals surface area contributed by atoms with Crippen LogP contribution in [0.4, 0.5) is 0 Å². The summed E-state index contributed by atoms with van der Waals surface area (Å²) < 4.78 is 0. The summed E-state index contributed by atoms with van der Waals surface area (Å²) in [6.07, 6.45) is 4.75. The summed E-state index contributed by atoms with van der Waals surface area (Å²) in [6, 6.07) is 10.9. The lowest BCUT2D eigenvalue weighted by Crippen LogP contribution is -2.25. The molecule has 0 unspecified atom stereocenters. The Balaban J connectivity index is 1.66. The van der Waals surface area contributed by atoms with E-state index in [0.717, 1.165) is 31.2 Å². The zero-order valence-electron chi connectivity index (χ0n) is 13.9. The van der Waals surface area contributed by atoms with Crippen LogP contribution in [-0.2, 0) is 17.8 Å². The highest BCUT2D eigenvalue weighted by atomic mass is 32.1. The molecule has 1 N–H and O–H groups in total. The third kappa shape index (κ3) is 5.81. The number of carboxylic acid groups (broad SMARTS) is 1. The Morgan fingerprint density at radius 1 is 1.08 bits per heavy atom. The molecule has 0 spiro atoms. The molecule has 0 aliphatic rings. The van der Waals surface area contributed by atoms with Gasteiger partial charge in [-0.1, -0.05) is 24.6 Å².